The van der Waals surface area contributed by atoms with Crippen LogP contribution in [0.3, 0.4) is 0 Å². The van der Waals surface area contributed by atoms with Gasteiger partial charge in [-0.1, -0.05) is 27.7 Å². The Morgan fingerprint density at radius 3 is 1.10 bits per heavy atom. The Labute approximate surface area is 169 Å². The summed E-state index contributed by atoms with van der Waals surface area (Å²) in [7, 11) is 0. The van der Waals surface area contributed by atoms with Crippen molar-refractivity contribution in [1.82, 2.24) is 0 Å². The summed E-state index contributed by atoms with van der Waals surface area (Å²) in [5.74, 6) is -2.92. The highest BCUT2D eigenvalue weighted by Gasteiger charge is 2.37. The molecule has 0 fully saturated rings. The van der Waals surface area contributed by atoms with Crippen molar-refractivity contribution in [2.75, 3.05) is 13.2 Å². The molecule has 0 amide bonds. The molecule has 4 unspecified atom stereocenters. The lowest BCUT2D eigenvalue weighted by Gasteiger charge is -2.31. The van der Waals surface area contributed by atoms with Gasteiger partial charge in [0.05, 0.1) is 13.2 Å². The number of hydrogen-bond donors (Lipinski definition) is 2. The molecular formula is C18H30O11. The van der Waals surface area contributed by atoms with Crippen molar-refractivity contribution in [2.45, 2.75) is 78.2 Å². The molecule has 0 heterocycles. The van der Waals surface area contributed by atoms with Gasteiger partial charge in [0.1, 0.15) is 0 Å². The molecule has 29 heavy (non-hydrogen) atoms. The fourth-order valence-electron chi connectivity index (χ4n) is 1.80. The van der Waals surface area contributed by atoms with Gasteiger partial charge in [-0.3, -0.25) is 23.9 Å². The van der Waals surface area contributed by atoms with Gasteiger partial charge in [0.15, 0.2) is 12.2 Å². The first kappa shape index (κ1) is 26.8. The van der Waals surface area contributed by atoms with Crippen molar-refractivity contribution in [3.63, 3.8) is 0 Å². The van der Waals surface area contributed by atoms with Crippen LogP contribution in [0, 0.1) is 0 Å². The highest BCUT2D eigenvalue weighted by molar-refractivity contribution is 5.71. The fourth-order valence-corrected chi connectivity index (χ4v) is 1.80. The fraction of sp³-hybridized carbons (Fsp3) is 0.778. The third-order valence-corrected chi connectivity index (χ3v) is 3.45. The Morgan fingerprint density at radius 2 is 0.862 bits per heavy atom. The van der Waals surface area contributed by atoms with Crippen LogP contribution in [0.5, 0.6) is 0 Å². The molecule has 4 atom stereocenters. The standard InChI is InChI=1S/C18H30O11/c1-5-13(21)25-11(9-19)17(27-15(23)7-3)29-18(28-16(24)8-4)12(10-20)26-14(22)6-2/h11-12,17-20H,5-10H2,1-4H3. The Morgan fingerprint density at radius 1 is 0.586 bits per heavy atom. The molecule has 11 nitrogen and oxygen atoms in total. The topological polar surface area (TPSA) is 155 Å². The van der Waals surface area contributed by atoms with Crippen LogP contribution in [0.15, 0.2) is 0 Å². The minimum Gasteiger partial charge on any atom is -0.453 e. The maximum absolute atomic E-state index is 11.8. The third kappa shape index (κ3) is 10.2. The Kier molecular flexibility index (Phi) is 13.6. The van der Waals surface area contributed by atoms with Gasteiger partial charge in [0.2, 0.25) is 12.6 Å². The van der Waals surface area contributed by atoms with Crippen LogP contribution in [-0.4, -0.2) is 72.1 Å². The molecule has 0 aliphatic heterocycles. The summed E-state index contributed by atoms with van der Waals surface area (Å²) in [5.41, 5.74) is 0. The summed E-state index contributed by atoms with van der Waals surface area (Å²) in [6, 6.07) is 0. The van der Waals surface area contributed by atoms with E-state index < -0.39 is 61.9 Å². The normalized spacial score (nSPS) is 14.8. The van der Waals surface area contributed by atoms with Crippen LogP contribution in [-0.2, 0) is 42.9 Å². The molecule has 0 aliphatic rings. The van der Waals surface area contributed by atoms with Gasteiger partial charge in [0, 0.05) is 25.7 Å². The van der Waals surface area contributed by atoms with Crippen molar-refractivity contribution in [3.8, 4) is 0 Å². The van der Waals surface area contributed by atoms with Crippen LogP contribution in [0.1, 0.15) is 53.4 Å². The Balaban J connectivity index is 5.71. The summed E-state index contributed by atoms with van der Waals surface area (Å²) in [6.07, 6.45) is -6.43. The third-order valence-electron chi connectivity index (χ3n) is 3.45. The number of hydrogen-bond acceptors (Lipinski definition) is 11. The quantitative estimate of drug-likeness (QED) is 0.224. The average molecular weight is 422 g/mol. The largest absolute Gasteiger partial charge is 0.453 e. The van der Waals surface area contributed by atoms with E-state index in [0.717, 1.165) is 0 Å². The molecule has 0 aromatic carbocycles. The van der Waals surface area contributed by atoms with Crippen LogP contribution in [0.25, 0.3) is 0 Å². The summed E-state index contributed by atoms with van der Waals surface area (Å²) in [6.45, 7) is 4.48. The smallest absolute Gasteiger partial charge is 0.307 e. The van der Waals surface area contributed by atoms with Crippen LogP contribution in [0.4, 0.5) is 0 Å². The Hall–Kier alpha value is -2.24. The van der Waals surface area contributed by atoms with Crippen molar-refractivity contribution in [2.24, 2.45) is 0 Å². The van der Waals surface area contributed by atoms with Crippen molar-refractivity contribution in [3.05, 3.63) is 0 Å². The SMILES string of the molecule is CCC(=O)OC(CO)C(OC(=O)CC)OC(OC(=O)CC)C(CO)OC(=O)CC. The number of ether oxygens (including phenoxy) is 5. The number of carbonyl (C=O) groups excluding carboxylic acids is 4. The minimum absolute atomic E-state index is 0.0213. The zero-order valence-electron chi connectivity index (χ0n) is 17.1. The lowest BCUT2D eigenvalue weighted by Crippen LogP contribution is -2.47. The average Bonchev–Trinajstić information content (AvgIpc) is 2.73. The minimum atomic E-state index is -1.69. The number of esters is 4. The second-order valence-electron chi connectivity index (χ2n) is 5.69. The molecule has 0 saturated carbocycles. The predicted octanol–water partition coefficient (Wildman–Crippen LogP) is 0.190. The van der Waals surface area contributed by atoms with Crippen molar-refractivity contribution in [1.29, 1.82) is 0 Å². The zero-order valence-corrected chi connectivity index (χ0v) is 17.1. The van der Waals surface area contributed by atoms with Gasteiger partial charge in [-0.05, 0) is 0 Å². The van der Waals surface area contributed by atoms with E-state index in [2.05, 4.69) is 0 Å². The van der Waals surface area contributed by atoms with E-state index in [9.17, 15) is 29.4 Å². The predicted molar refractivity (Wildman–Crippen MR) is 95.9 cm³/mol. The first-order chi connectivity index (χ1) is 13.8. The van der Waals surface area contributed by atoms with E-state index >= 15 is 0 Å². The van der Waals surface area contributed by atoms with Gasteiger partial charge >= 0.3 is 23.9 Å². The van der Waals surface area contributed by atoms with Gasteiger partial charge in [-0.2, -0.15) is 0 Å². The van der Waals surface area contributed by atoms with E-state index in [4.69, 9.17) is 23.7 Å². The monoisotopic (exact) mass is 422 g/mol. The van der Waals surface area contributed by atoms with Crippen LogP contribution >= 0.6 is 0 Å². The molecular weight excluding hydrogens is 392 g/mol. The summed E-state index contributed by atoms with van der Waals surface area (Å²) >= 11 is 0. The molecule has 0 saturated heterocycles. The van der Waals surface area contributed by atoms with Gasteiger partial charge in [-0.15, -0.1) is 0 Å². The van der Waals surface area contributed by atoms with Crippen LogP contribution in [0.2, 0.25) is 0 Å². The molecule has 2 N–H and O–H groups in total. The number of aliphatic hydroxyl groups excluding tert-OH is 2. The summed E-state index contributed by atoms with van der Waals surface area (Å²) < 4.78 is 25.6. The van der Waals surface area contributed by atoms with E-state index in [1.165, 1.54) is 27.7 Å². The molecule has 0 bridgehead atoms. The lowest BCUT2D eigenvalue weighted by molar-refractivity contribution is -0.289. The number of rotatable bonds is 14. The van der Waals surface area contributed by atoms with Crippen molar-refractivity contribution < 1.29 is 53.1 Å². The van der Waals surface area contributed by atoms with E-state index in [1.807, 2.05) is 0 Å². The van der Waals surface area contributed by atoms with Gasteiger partial charge in [0.25, 0.3) is 0 Å². The second-order valence-corrected chi connectivity index (χ2v) is 5.69. The molecule has 0 aromatic heterocycles. The number of carbonyl (C=O) groups is 4. The molecule has 0 aliphatic carbocycles. The highest BCUT2D eigenvalue weighted by Crippen LogP contribution is 2.17. The maximum Gasteiger partial charge on any atom is 0.307 e. The molecule has 0 spiro atoms. The van der Waals surface area contributed by atoms with Crippen molar-refractivity contribution >= 4 is 23.9 Å². The first-order valence-electron chi connectivity index (χ1n) is 9.41. The molecule has 168 valence electrons. The summed E-state index contributed by atoms with van der Waals surface area (Å²) in [5, 5.41) is 19.1. The first-order valence-corrected chi connectivity index (χ1v) is 9.41. The van der Waals surface area contributed by atoms with Crippen LogP contribution < -0.4 is 0 Å². The second kappa shape index (κ2) is 14.7. The van der Waals surface area contributed by atoms with E-state index in [1.54, 1.807) is 0 Å². The number of aliphatic hydroxyl groups is 2. The van der Waals surface area contributed by atoms with Gasteiger partial charge < -0.3 is 29.2 Å². The summed E-state index contributed by atoms with van der Waals surface area (Å²) in [4.78, 5) is 46.7. The lowest BCUT2D eigenvalue weighted by atomic mass is 10.3. The van der Waals surface area contributed by atoms with E-state index in [0.29, 0.717) is 0 Å². The van der Waals surface area contributed by atoms with E-state index in [-0.39, 0.29) is 25.7 Å². The molecule has 11 heteroatoms. The van der Waals surface area contributed by atoms with Gasteiger partial charge in [-0.25, -0.2) is 0 Å². The zero-order chi connectivity index (χ0) is 22.4. The highest BCUT2D eigenvalue weighted by atomic mass is 16.8. The molecule has 0 aromatic rings. The molecule has 0 radical (unpaired) electrons. The Bertz CT molecular complexity index is 488. The maximum atomic E-state index is 11.8. The molecule has 0 rings (SSSR count).